The van der Waals surface area contributed by atoms with E-state index in [0.717, 1.165) is 37.6 Å². The normalized spacial score (nSPS) is 15.5. The predicted octanol–water partition coefficient (Wildman–Crippen LogP) is 3.11. The quantitative estimate of drug-likeness (QED) is 0.571. The fraction of sp³-hybridized carbons (Fsp3) is 0.348. The first-order chi connectivity index (χ1) is 15.1. The molecule has 1 unspecified atom stereocenters. The molecule has 31 heavy (non-hydrogen) atoms. The van der Waals surface area contributed by atoms with Crippen LogP contribution in [0.1, 0.15) is 12.7 Å². The maximum Gasteiger partial charge on any atom is 0.319 e. The topological polar surface area (TPSA) is 89.2 Å². The lowest BCUT2D eigenvalue weighted by molar-refractivity contribution is 0.192. The van der Waals surface area contributed by atoms with Gasteiger partial charge in [-0.25, -0.2) is 9.78 Å². The van der Waals surface area contributed by atoms with E-state index in [-0.39, 0.29) is 12.1 Å². The number of para-hydroxylation sites is 1. The van der Waals surface area contributed by atoms with Crippen molar-refractivity contribution in [2.24, 2.45) is 0 Å². The van der Waals surface area contributed by atoms with Crippen molar-refractivity contribution in [2.45, 2.75) is 19.9 Å². The Morgan fingerprint density at radius 1 is 1.10 bits per heavy atom. The van der Waals surface area contributed by atoms with Crippen LogP contribution in [-0.2, 0) is 0 Å². The fourth-order valence-corrected chi connectivity index (χ4v) is 3.81. The average Bonchev–Trinajstić information content (AvgIpc) is 3.25. The van der Waals surface area contributed by atoms with Crippen LogP contribution in [0.4, 0.5) is 16.2 Å². The number of rotatable bonds is 6. The number of aromatic amines is 1. The van der Waals surface area contributed by atoms with Crippen molar-refractivity contribution >= 4 is 17.4 Å². The minimum Gasteiger partial charge on any atom is -0.369 e. The Bertz CT molecular complexity index is 996. The second-order valence-electron chi connectivity index (χ2n) is 7.87. The van der Waals surface area contributed by atoms with Gasteiger partial charge in [-0.15, -0.1) is 0 Å². The molecule has 0 saturated carbocycles. The molecule has 2 aromatic carbocycles. The lowest BCUT2D eigenvalue weighted by Gasteiger charge is -2.39. The van der Waals surface area contributed by atoms with Gasteiger partial charge in [-0.05, 0) is 38.1 Å². The molecule has 1 fully saturated rings. The molecular weight excluding hydrogens is 390 g/mol. The van der Waals surface area contributed by atoms with Crippen LogP contribution in [0.15, 0.2) is 54.6 Å². The van der Waals surface area contributed by atoms with E-state index in [1.807, 2.05) is 37.3 Å². The van der Waals surface area contributed by atoms with E-state index in [0.29, 0.717) is 18.1 Å². The average molecular weight is 420 g/mol. The van der Waals surface area contributed by atoms with Gasteiger partial charge < -0.3 is 15.5 Å². The maximum atomic E-state index is 12.4. The standard InChI is InChI=1S/C23H29N7O/c1-17(29-11-13-30(14-12-29)21-9-4-3-5-10-21)16-24-23(31)26-20-8-6-7-19(15-20)22-25-18(2)27-28-22/h3-10,15,17H,11-14,16H2,1-2H3,(H2,24,26,31)(H,25,27,28). The first-order valence-corrected chi connectivity index (χ1v) is 10.7. The predicted molar refractivity (Wildman–Crippen MR) is 123 cm³/mol. The lowest BCUT2D eigenvalue weighted by atomic mass is 10.2. The molecule has 1 atom stereocenters. The molecule has 0 spiro atoms. The van der Waals surface area contributed by atoms with Crippen LogP contribution in [0.2, 0.25) is 0 Å². The van der Waals surface area contributed by atoms with Crippen LogP contribution in [0.5, 0.6) is 0 Å². The number of nitrogens with zero attached hydrogens (tertiary/aromatic N) is 4. The molecule has 0 aliphatic carbocycles. The van der Waals surface area contributed by atoms with Gasteiger partial charge >= 0.3 is 6.03 Å². The van der Waals surface area contributed by atoms with Gasteiger partial charge in [0.15, 0.2) is 5.82 Å². The summed E-state index contributed by atoms with van der Waals surface area (Å²) in [5.41, 5.74) is 2.84. The van der Waals surface area contributed by atoms with Gasteiger partial charge in [0.1, 0.15) is 5.82 Å². The Hall–Kier alpha value is -3.39. The summed E-state index contributed by atoms with van der Waals surface area (Å²) in [6, 6.07) is 18.1. The van der Waals surface area contributed by atoms with Crippen LogP contribution < -0.4 is 15.5 Å². The molecule has 8 nitrogen and oxygen atoms in total. The van der Waals surface area contributed by atoms with Crippen molar-refractivity contribution in [3.63, 3.8) is 0 Å². The van der Waals surface area contributed by atoms with Gasteiger partial charge in [0, 0.05) is 55.7 Å². The molecule has 4 rings (SSSR count). The number of aromatic nitrogens is 3. The zero-order valence-electron chi connectivity index (χ0n) is 18.0. The lowest BCUT2D eigenvalue weighted by Crippen LogP contribution is -2.52. The van der Waals surface area contributed by atoms with Crippen LogP contribution >= 0.6 is 0 Å². The molecule has 3 aromatic rings. The molecule has 1 aromatic heterocycles. The Labute approximate surface area is 182 Å². The van der Waals surface area contributed by atoms with Crippen molar-refractivity contribution in [3.05, 3.63) is 60.4 Å². The molecule has 0 bridgehead atoms. The Morgan fingerprint density at radius 2 is 1.87 bits per heavy atom. The van der Waals surface area contributed by atoms with Crippen LogP contribution in [0, 0.1) is 6.92 Å². The van der Waals surface area contributed by atoms with E-state index < -0.39 is 0 Å². The number of aryl methyl sites for hydroxylation is 1. The summed E-state index contributed by atoms with van der Waals surface area (Å²) in [5, 5.41) is 12.9. The van der Waals surface area contributed by atoms with Crippen molar-refractivity contribution in [2.75, 3.05) is 42.9 Å². The van der Waals surface area contributed by atoms with E-state index in [4.69, 9.17) is 0 Å². The van der Waals surface area contributed by atoms with Crippen LogP contribution in [0.25, 0.3) is 11.4 Å². The summed E-state index contributed by atoms with van der Waals surface area (Å²) in [4.78, 5) is 21.6. The summed E-state index contributed by atoms with van der Waals surface area (Å²) in [7, 11) is 0. The number of urea groups is 1. The van der Waals surface area contributed by atoms with Gasteiger partial charge in [-0.3, -0.25) is 10.00 Å². The fourth-order valence-electron chi connectivity index (χ4n) is 3.81. The first-order valence-electron chi connectivity index (χ1n) is 10.7. The van der Waals surface area contributed by atoms with Gasteiger partial charge in [-0.1, -0.05) is 30.3 Å². The maximum absolute atomic E-state index is 12.4. The van der Waals surface area contributed by atoms with E-state index in [1.54, 1.807) is 0 Å². The molecule has 0 radical (unpaired) electrons. The van der Waals surface area contributed by atoms with Crippen LogP contribution in [-0.4, -0.2) is 64.9 Å². The third kappa shape index (κ3) is 5.40. The Balaban J connectivity index is 1.24. The summed E-state index contributed by atoms with van der Waals surface area (Å²) < 4.78 is 0. The number of amides is 2. The summed E-state index contributed by atoms with van der Waals surface area (Å²) >= 11 is 0. The van der Waals surface area contributed by atoms with E-state index in [9.17, 15) is 4.79 Å². The van der Waals surface area contributed by atoms with Gasteiger partial charge in [-0.2, -0.15) is 5.10 Å². The van der Waals surface area contributed by atoms with E-state index in [2.05, 4.69) is 66.8 Å². The monoisotopic (exact) mass is 419 g/mol. The second-order valence-corrected chi connectivity index (χ2v) is 7.87. The number of benzene rings is 2. The van der Waals surface area contributed by atoms with Gasteiger partial charge in [0.05, 0.1) is 0 Å². The third-order valence-electron chi connectivity index (χ3n) is 5.59. The number of piperazine rings is 1. The molecule has 8 heteroatoms. The number of H-pyrrole nitrogens is 1. The largest absolute Gasteiger partial charge is 0.369 e. The highest BCUT2D eigenvalue weighted by molar-refractivity contribution is 5.89. The second kappa shape index (κ2) is 9.61. The van der Waals surface area contributed by atoms with Gasteiger partial charge in [0.2, 0.25) is 0 Å². The van der Waals surface area contributed by atoms with Crippen LogP contribution in [0.3, 0.4) is 0 Å². The van der Waals surface area contributed by atoms with Crippen molar-refractivity contribution in [1.82, 2.24) is 25.4 Å². The Kier molecular flexibility index (Phi) is 6.47. The molecule has 2 heterocycles. The summed E-state index contributed by atoms with van der Waals surface area (Å²) in [6.45, 7) is 8.56. The molecule has 1 aliphatic heterocycles. The number of carbonyl (C=O) groups is 1. The third-order valence-corrected chi connectivity index (χ3v) is 5.59. The summed E-state index contributed by atoms with van der Waals surface area (Å²) in [5.74, 6) is 1.37. The van der Waals surface area contributed by atoms with Crippen molar-refractivity contribution in [1.29, 1.82) is 0 Å². The molecule has 1 saturated heterocycles. The molecule has 2 amide bonds. The molecular formula is C23H29N7O. The highest BCUT2D eigenvalue weighted by Crippen LogP contribution is 2.19. The minimum atomic E-state index is -0.210. The van der Waals surface area contributed by atoms with E-state index >= 15 is 0 Å². The summed E-state index contributed by atoms with van der Waals surface area (Å²) in [6.07, 6.45) is 0. The van der Waals surface area contributed by atoms with Gasteiger partial charge in [0.25, 0.3) is 0 Å². The SMILES string of the molecule is Cc1nc(-c2cccc(NC(=O)NCC(C)N3CCN(c4ccccc4)CC3)c2)n[nH]1. The zero-order chi connectivity index (χ0) is 21.6. The molecule has 1 aliphatic rings. The van der Waals surface area contributed by atoms with Crippen molar-refractivity contribution in [3.8, 4) is 11.4 Å². The minimum absolute atomic E-state index is 0.210. The zero-order valence-corrected chi connectivity index (χ0v) is 18.0. The number of nitrogens with one attached hydrogen (secondary N) is 3. The molecule has 162 valence electrons. The first kappa shape index (κ1) is 20.9. The molecule has 3 N–H and O–H groups in total. The van der Waals surface area contributed by atoms with E-state index in [1.165, 1.54) is 5.69 Å². The van der Waals surface area contributed by atoms with Crippen molar-refractivity contribution < 1.29 is 4.79 Å². The number of hydrogen-bond acceptors (Lipinski definition) is 5. The number of hydrogen-bond donors (Lipinski definition) is 3. The highest BCUT2D eigenvalue weighted by Gasteiger charge is 2.21. The highest BCUT2D eigenvalue weighted by atomic mass is 16.2. The smallest absolute Gasteiger partial charge is 0.319 e. The number of anilines is 2. The number of carbonyl (C=O) groups excluding carboxylic acids is 1. The Morgan fingerprint density at radius 3 is 2.58 bits per heavy atom.